The van der Waals surface area contributed by atoms with Gasteiger partial charge in [-0.05, 0) is 68.0 Å². The molecule has 0 radical (unpaired) electrons. The number of esters is 2. The SMILES string of the molecule is Cc1nc(C)c(C(=O)OC(C)C)c(-c2cccc(I)c2)c1C(=O)OCCC#N. The zero-order chi connectivity index (χ0) is 20.8. The van der Waals surface area contributed by atoms with E-state index in [2.05, 4.69) is 27.6 Å². The normalized spacial score (nSPS) is 10.5. The van der Waals surface area contributed by atoms with Crippen molar-refractivity contribution in [2.45, 2.75) is 40.2 Å². The van der Waals surface area contributed by atoms with Gasteiger partial charge in [0.05, 0.1) is 41.1 Å². The molecule has 0 saturated carbocycles. The molecule has 0 aliphatic rings. The van der Waals surface area contributed by atoms with E-state index < -0.39 is 11.9 Å². The van der Waals surface area contributed by atoms with Crippen molar-refractivity contribution in [3.63, 3.8) is 0 Å². The van der Waals surface area contributed by atoms with Crippen molar-refractivity contribution in [3.05, 3.63) is 50.4 Å². The fourth-order valence-corrected chi connectivity index (χ4v) is 3.36. The number of hydrogen-bond acceptors (Lipinski definition) is 6. The molecule has 0 spiro atoms. The van der Waals surface area contributed by atoms with Gasteiger partial charge in [-0.1, -0.05) is 12.1 Å². The maximum Gasteiger partial charge on any atom is 0.340 e. The Labute approximate surface area is 178 Å². The van der Waals surface area contributed by atoms with Crippen molar-refractivity contribution < 1.29 is 19.1 Å². The van der Waals surface area contributed by atoms with Crippen molar-refractivity contribution in [1.29, 1.82) is 5.26 Å². The minimum Gasteiger partial charge on any atom is -0.461 e. The molecule has 28 heavy (non-hydrogen) atoms. The van der Waals surface area contributed by atoms with Crippen LogP contribution in [-0.2, 0) is 9.47 Å². The maximum absolute atomic E-state index is 12.8. The number of aromatic nitrogens is 1. The fourth-order valence-electron chi connectivity index (χ4n) is 2.82. The number of benzene rings is 1. The highest BCUT2D eigenvalue weighted by Gasteiger charge is 2.28. The van der Waals surface area contributed by atoms with Gasteiger partial charge in [-0.2, -0.15) is 5.26 Å². The Kier molecular flexibility index (Phi) is 7.52. The van der Waals surface area contributed by atoms with E-state index in [9.17, 15) is 9.59 Å². The van der Waals surface area contributed by atoms with Gasteiger partial charge in [-0.25, -0.2) is 9.59 Å². The molecule has 2 rings (SSSR count). The number of ether oxygens (including phenoxy) is 2. The molecule has 6 nitrogen and oxygen atoms in total. The second-order valence-electron chi connectivity index (χ2n) is 6.42. The third kappa shape index (κ3) is 5.07. The zero-order valence-electron chi connectivity index (χ0n) is 16.2. The smallest absolute Gasteiger partial charge is 0.340 e. The van der Waals surface area contributed by atoms with Crippen molar-refractivity contribution in [3.8, 4) is 17.2 Å². The number of carbonyl (C=O) groups is 2. The molecule has 0 amide bonds. The van der Waals surface area contributed by atoms with E-state index in [1.165, 1.54) is 0 Å². The summed E-state index contributed by atoms with van der Waals surface area (Å²) >= 11 is 2.17. The van der Waals surface area contributed by atoms with Gasteiger partial charge in [0.15, 0.2) is 0 Å². The van der Waals surface area contributed by atoms with Gasteiger partial charge in [0.25, 0.3) is 0 Å². The number of nitrogens with zero attached hydrogens (tertiary/aromatic N) is 2. The van der Waals surface area contributed by atoms with Crippen molar-refractivity contribution in [1.82, 2.24) is 4.98 Å². The Morgan fingerprint density at radius 2 is 1.82 bits per heavy atom. The third-order valence-corrected chi connectivity index (χ3v) is 4.54. The topological polar surface area (TPSA) is 89.3 Å². The molecule has 1 heterocycles. The predicted octanol–water partition coefficient (Wildman–Crippen LogP) is 4.61. The lowest BCUT2D eigenvalue weighted by molar-refractivity contribution is 0.0377. The number of aryl methyl sites for hydroxylation is 2. The molecule has 2 aromatic rings. The highest BCUT2D eigenvalue weighted by molar-refractivity contribution is 14.1. The molecule has 7 heteroatoms. The van der Waals surface area contributed by atoms with Gasteiger partial charge >= 0.3 is 11.9 Å². The summed E-state index contributed by atoms with van der Waals surface area (Å²) in [6.45, 7) is 6.91. The quantitative estimate of drug-likeness (QED) is 0.333. The lowest BCUT2D eigenvalue weighted by Gasteiger charge is -2.19. The monoisotopic (exact) mass is 492 g/mol. The van der Waals surface area contributed by atoms with Gasteiger partial charge in [0.1, 0.15) is 6.61 Å². The van der Waals surface area contributed by atoms with Crippen LogP contribution in [0.2, 0.25) is 0 Å². The predicted molar refractivity (Wildman–Crippen MR) is 113 cm³/mol. The number of carbonyl (C=O) groups excluding carboxylic acids is 2. The number of pyridine rings is 1. The van der Waals surface area contributed by atoms with E-state index in [1.54, 1.807) is 27.7 Å². The van der Waals surface area contributed by atoms with Crippen LogP contribution in [-0.4, -0.2) is 29.6 Å². The van der Waals surface area contributed by atoms with Crippen LogP contribution in [0.25, 0.3) is 11.1 Å². The molecule has 1 aromatic carbocycles. The van der Waals surface area contributed by atoms with Crippen LogP contribution in [0.3, 0.4) is 0 Å². The first kappa shape index (κ1) is 21.8. The number of nitriles is 1. The van der Waals surface area contributed by atoms with Crippen LogP contribution >= 0.6 is 22.6 Å². The first-order valence-corrected chi connectivity index (χ1v) is 9.86. The lowest BCUT2D eigenvalue weighted by Crippen LogP contribution is -2.19. The highest BCUT2D eigenvalue weighted by atomic mass is 127. The van der Waals surface area contributed by atoms with E-state index >= 15 is 0 Å². The molecule has 146 valence electrons. The summed E-state index contributed by atoms with van der Waals surface area (Å²) in [4.78, 5) is 30.0. The Morgan fingerprint density at radius 3 is 2.39 bits per heavy atom. The highest BCUT2D eigenvalue weighted by Crippen LogP contribution is 2.33. The fraction of sp³-hybridized carbons (Fsp3) is 0.333. The number of rotatable bonds is 6. The second kappa shape index (κ2) is 9.64. The second-order valence-corrected chi connectivity index (χ2v) is 7.66. The minimum atomic E-state index is -0.618. The van der Waals surface area contributed by atoms with Crippen molar-refractivity contribution in [2.24, 2.45) is 0 Å². The standard InChI is InChI=1S/C21H21IN2O4/c1-12(2)28-21(26)18-14(4)24-13(3)17(20(25)27-10-6-9-23)19(18)15-7-5-8-16(22)11-15/h5,7-8,11-12H,6,10H2,1-4H3. The van der Waals surface area contributed by atoms with Crippen LogP contribution in [0.1, 0.15) is 52.4 Å². The molecule has 0 N–H and O–H groups in total. The summed E-state index contributed by atoms with van der Waals surface area (Å²) in [5.41, 5.74) is 2.52. The number of halogens is 1. The minimum absolute atomic E-state index is 0.0276. The summed E-state index contributed by atoms with van der Waals surface area (Å²) in [6.07, 6.45) is -0.228. The van der Waals surface area contributed by atoms with E-state index in [0.29, 0.717) is 22.5 Å². The molecular weight excluding hydrogens is 471 g/mol. The Morgan fingerprint density at radius 1 is 1.18 bits per heavy atom. The van der Waals surface area contributed by atoms with Crippen molar-refractivity contribution in [2.75, 3.05) is 6.61 Å². The van der Waals surface area contributed by atoms with Gasteiger partial charge in [0, 0.05) is 9.13 Å². The largest absolute Gasteiger partial charge is 0.461 e. The molecule has 0 fully saturated rings. The van der Waals surface area contributed by atoms with E-state index in [1.807, 2.05) is 30.3 Å². The molecule has 0 aliphatic heterocycles. The lowest BCUT2D eigenvalue weighted by atomic mass is 9.92. The van der Waals surface area contributed by atoms with E-state index in [4.69, 9.17) is 14.7 Å². The summed E-state index contributed by atoms with van der Waals surface area (Å²) in [6, 6.07) is 9.42. The first-order valence-electron chi connectivity index (χ1n) is 8.78. The van der Waals surface area contributed by atoms with Crippen LogP contribution in [0.15, 0.2) is 24.3 Å². The Hall–Kier alpha value is -2.47. The van der Waals surface area contributed by atoms with E-state index in [0.717, 1.165) is 3.57 Å². The molecule has 0 bridgehead atoms. The van der Waals surface area contributed by atoms with Crippen LogP contribution < -0.4 is 0 Å². The van der Waals surface area contributed by atoms with Gasteiger partial charge in [0.2, 0.25) is 0 Å². The van der Waals surface area contributed by atoms with Gasteiger partial charge in [-0.15, -0.1) is 0 Å². The Balaban J connectivity index is 2.75. The summed E-state index contributed by atoms with van der Waals surface area (Å²) in [5.74, 6) is -1.16. The Bertz CT molecular complexity index is 948. The molecular formula is C21H21IN2O4. The number of hydrogen-bond donors (Lipinski definition) is 0. The average molecular weight is 492 g/mol. The van der Waals surface area contributed by atoms with Gasteiger partial charge in [-0.3, -0.25) is 4.98 Å². The first-order chi connectivity index (χ1) is 13.3. The van der Waals surface area contributed by atoms with Crippen LogP contribution in [0.4, 0.5) is 0 Å². The molecule has 0 atom stereocenters. The molecule has 0 unspecified atom stereocenters. The van der Waals surface area contributed by atoms with Crippen LogP contribution in [0, 0.1) is 28.7 Å². The summed E-state index contributed by atoms with van der Waals surface area (Å²) in [5, 5.41) is 8.69. The maximum atomic E-state index is 12.8. The van der Waals surface area contributed by atoms with E-state index in [-0.39, 0.29) is 30.3 Å². The molecule has 0 aliphatic carbocycles. The average Bonchev–Trinajstić information content (AvgIpc) is 2.60. The third-order valence-electron chi connectivity index (χ3n) is 3.87. The van der Waals surface area contributed by atoms with Gasteiger partial charge < -0.3 is 9.47 Å². The zero-order valence-corrected chi connectivity index (χ0v) is 18.4. The summed E-state index contributed by atoms with van der Waals surface area (Å²) in [7, 11) is 0. The van der Waals surface area contributed by atoms with Crippen molar-refractivity contribution >= 4 is 34.5 Å². The van der Waals surface area contributed by atoms with Crippen LogP contribution in [0.5, 0.6) is 0 Å². The summed E-state index contributed by atoms with van der Waals surface area (Å²) < 4.78 is 11.6. The molecule has 1 aromatic heterocycles. The molecule has 0 saturated heterocycles.